The SMILES string of the molecule is COc1cc(C)c(O[Si](C)(C)C(C)(C)C)c([C@H](C)OC(c2ccccc2)(c2ccccc2)c2ccccc2)c1.[C-]#[O+].[C-]#[O+].[C-]#[O+].[Cr]. The minimum absolute atomic E-state index is 0. The summed E-state index contributed by atoms with van der Waals surface area (Å²) in [6, 6.07) is 35.6. The predicted molar refractivity (Wildman–Crippen MR) is 176 cm³/mol. The fraction of sp³-hybridized carbons (Fsp3) is 0.289. The zero-order chi connectivity index (χ0) is 34.3. The summed E-state index contributed by atoms with van der Waals surface area (Å²) in [4.78, 5) is 0. The van der Waals surface area contributed by atoms with E-state index in [0.29, 0.717) is 0 Å². The van der Waals surface area contributed by atoms with E-state index in [-0.39, 0.29) is 28.5 Å². The van der Waals surface area contributed by atoms with Gasteiger partial charge in [0.05, 0.1) is 13.2 Å². The molecule has 4 aromatic carbocycles. The largest absolute Gasteiger partial charge is 0 e. The second-order valence-corrected chi connectivity index (χ2v) is 16.5. The average Bonchev–Trinajstić information content (AvgIpc) is 3.07. The minimum atomic E-state index is -2.13. The molecule has 0 N–H and O–H groups in total. The maximum Gasteiger partial charge on any atom is 0 e. The van der Waals surface area contributed by atoms with Crippen molar-refractivity contribution in [1.82, 2.24) is 0 Å². The second kappa shape index (κ2) is 19.8. The van der Waals surface area contributed by atoms with Gasteiger partial charge in [-0.05, 0) is 66.4 Å². The standard InChI is InChI=1S/C35H42O3Si.3CO.Cr/c1-26-24-31(36-6)25-32(33(26)38-39(7,8)34(3,4)5)27(2)37-35(28-18-12-9-13-19-28,29-20-14-10-15-21-29)30-22-16-11-17-23-30;3*1-2;/h9-25,27H,1-8H3;;;;/t27-;;;;/m0..../s1. The number of benzene rings is 4. The van der Waals surface area contributed by atoms with E-state index in [1.807, 2.05) is 18.2 Å². The van der Waals surface area contributed by atoms with Crippen molar-refractivity contribution in [1.29, 1.82) is 0 Å². The van der Waals surface area contributed by atoms with E-state index in [4.69, 9.17) is 27.9 Å². The number of hydrogen-bond acceptors (Lipinski definition) is 3. The summed E-state index contributed by atoms with van der Waals surface area (Å²) >= 11 is 0. The molecule has 0 aliphatic rings. The molecule has 0 aromatic heterocycles. The summed E-state index contributed by atoms with van der Waals surface area (Å²) in [5.74, 6) is 1.70. The van der Waals surface area contributed by atoms with Gasteiger partial charge < -0.3 is 13.9 Å². The number of methoxy groups -OCH3 is 1. The van der Waals surface area contributed by atoms with Gasteiger partial charge in [-0.2, -0.15) is 0 Å². The van der Waals surface area contributed by atoms with E-state index in [1.165, 1.54) is 0 Å². The number of hydrogen-bond donors (Lipinski definition) is 0. The Bertz CT molecular complexity index is 1400. The van der Waals surface area contributed by atoms with Gasteiger partial charge in [-0.1, -0.05) is 112 Å². The summed E-state index contributed by atoms with van der Waals surface area (Å²) in [7, 11) is -0.420. The van der Waals surface area contributed by atoms with Crippen molar-refractivity contribution in [3.8, 4) is 11.5 Å². The van der Waals surface area contributed by atoms with Crippen LogP contribution in [0.2, 0.25) is 18.1 Å². The first-order valence-corrected chi connectivity index (χ1v) is 17.2. The topological polar surface area (TPSA) is 87.4 Å². The molecular weight excluding hydrogens is 632 g/mol. The van der Waals surface area contributed by atoms with Gasteiger partial charge in [-0.25, -0.2) is 0 Å². The van der Waals surface area contributed by atoms with Crippen LogP contribution in [0.15, 0.2) is 103 Å². The zero-order valence-electron chi connectivity index (χ0n) is 27.8. The van der Waals surface area contributed by atoms with Gasteiger partial charge in [0, 0.05) is 22.9 Å². The Morgan fingerprint density at radius 1 is 0.674 bits per heavy atom. The van der Waals surface area contributed by atoms with Crippen molar-refractivity contribution in [2.24, 2.45) is 0 Å². The van der Waals surface area contributed by atoms with Crippen molar-refractivity contribution in [2.45, 2.75) is 64.5 Å². The molecule has 0 fully saturated rings. The van der Waals surface area contributed by atoms with Gasteiger partial charge in [0.25, 0.3) is 8.32 Å². The first-order chi connectivity index (χ1) is 21.5. The fourth-order valence-electron chi connectivity index (χ4n) is 4.79. The van der Waals surface area contributed by atoms with E-state index in [1.54, 1.807) is 7.11 Å². The molecule has 240 valence electrons. The molecule has 0 heterocycles. The molecule has 0 amide bonds. The Morgan fingerprint density at radius 2 is 1.04 bits per heavy atom. The smallest absolute Gasteiger partial charge is 0 e. The predicted octanol–water partition coefficient (Wildman–Crippen LogP) is 9.34. The maximum atomic E-state index is 7.50. The molecule has 4 aromatic rings. The van der Waals surface area contributed by atoms with E-state index in [9.17, 15) is 0 Å². The molecule has 1 atom stereocenters. The van der Waals surface area contributed by atoms with Gasteiger partial charge >= 0.3 is 33.9 Å². The maximum absolute atomic E-state index is 7.50. The van der Waals surface area contributed by atoms with Crippen LogP contribution in [0.4, 0.5) is 0 Å². The Kier molecular flexibility index (Phi) is 18.3. The van der Waals surface area contributed by atoms with Crippen LogP contribution in [0, 0.1) is 26.9 Å². The molecule has 0 unspecified atom stereocenters. The third-order valence-corrected chi connectivity index (χ3v) is 12.3. The van der Waals surface area contributed by atoms with Crippen LogP contribution in [-0.4, -0.2) is 15.4 Å². The van der Waals surface area contributed by atoms with Crippen LogP contribution in [0.5, 0.6) is 11.5 Å². The Morgan fingerprint density at radius 3 is 1.37 bits per heavy atom. The normalized spacial score (nSPS) is 11.3. The molecule has 0 aliphatic heterocycles. The molecule has 0 saturated carbocycles. The van der Waals surface area contributed by atoms with Crippen molar-refractivity contribution < 1.29 is 45.2 Å². The van der Waals surface area contributed by atoms with Crippen molar-refractivity contribution >= 4 is 8.32 Å². The summed E-state index contributed by atoms with van der Waals surface area (Å²) in [6.07, 6.45) is -0.320. The van der Waals surface area contributed by atoms with Crippen molar-refractivity contribution in [3.63, 3.8) is 0 Å². The van der Waals surface area contributed by atoms with E-state index >= 15 is 0 Å². The molecule has 6 nitrogen and oxygen atoms in total. The summed E-state index contributed by atoms with van der Waals surface area (Å²) < 4.78 is 42.6. The van der Waals surface area contributed by atoms with E-state index < -0.39 is 13.9 Å². The van der Waals surface area contributed by atoms with Gasteiger partial charge in [0.15, 0.2) is 0 Å². The molecule has 0 radical (unpaired) electrons. The van der Waals surface area contributed by atoms with Crippen molar-refractivity contribution in [2.75, 3.05) is 7.11 Å². The summed E-state index contributed by atoms with van der Waals surface area (Å²) in [6.45, 7) is 29.1. The van der Waals surface area contributed by atoms with E-state index in [0.717, 1.165) is 39.3 Å². The Hall–Kier alpha value is -3.59. The van der Waals surface area contributed by atoms with Crippen LogP contribution in [0.1, 0.15) is 61.6 Å². The molecule has 0 aliphatic carbocycles. The zero-order valence-corrected chi connectivity index (χ0v) is 30.0. The molecular formula is C38H42CrO6Si. The van der Waals surface area contributed by atoms with Crippen LogP contribution in [-0.2, 0) is 41.7 Å². The average molecular weight is 675 g/mol. The summed E-state index contributed by atoms with van der Waals surface area (Å²) in [5, 5.41) is 0.0581. The van der Waals surface area contributed by atoms with Crippen LogP contribution >= 0.6 is 0 Å². The van der Waals surface area contributed by atoms with E-state index in [2.05, 4.69) is 153 Å². The monoisotopic (exact) mass is 674 g/mol. The molecule has 46 heavy (non-hydrogen) atoms. The van der Waals surface area contributed by atoms with Gasteiger partial charge in [-0.15, -0.1) is 0 Å². The molecule has 0 saturated heterocycles. The van der Waals surface area contributed by atoms with Crippen molar-refractivity contribution in [3.05, 3.63) is 151 Å². The molecule has 0 bridgehead atoms. The number of aryl methyl sites for hydroxylation is 1. The number of ether oxygens (including phenoxy) is 2. The first-order valence-electron chi connectivity index (χ1n) is 14.3. The molecule has 4 rings (SSSR count). The Labute approximate surface area is 286 Å². The van der Waals surface area contributed by atoms with Gasteiger partial charge in [0.2, 0.25) is 0 Å². The fourth-order valence-corrected chi connectivity index (χ4v) is 5.88. The van der Waals surface area contributed by atoms with Gasteiger partial charge in [0.1, 0.15) is 17.1 Å². The first kappa shape index (κ1) is 42.4. The second-order valence-electron chi connectivity index (χ2n) is 11.8. The molecule has 8 heteroatoms. The van der Waals surface area contributed by atoms with Crippen LogP contribution < -0.4 is 9.16 Å². The summed E-state index contributed by atoms with van der Waals surface area (Å²) in [5.41, 5.74) is 4.41. The Balaban J connectivity index is 0.00000273. The quantitative estimate of drug-likeness (QED) is 0.0767. The van der Waals surface area contributed by atoms with Crippen LogP contribution in [0.3, 0.4) is 0 Å². The third-order valence-electron chi connectivity index (χ3n) is 8.01. The van der Waals surface area contributed by atoms with Gasteiger partial charge in [-0.3, -0.25) is 0 Å². The molecule has 0 spiro atoms. The third kappa shape index (κ3) is 9.95. The van der Waals surface area contributed by atoms with Crippen LogP contribution in [0.25, 0.3) is 0 Å². The minimum Gasteiger partial charge on any atom is 0 e. The number of rotatable bonds is 9.